The minimum Gasteiger partial charge on any atom is -0.481 e. The van der Waals surface area contributed by atoms with Crippen molar-refractivity contribution in [1.82, 2.24) is 5.32 Å². The Morgan fingerprint density at radius 2 is 1.88 bits per heavy atom. The molecule has 1 N–H and O–H groups in total. The summed E-state index contributed by atoms with van der Waals surface area (Å²) in [6.45, 7) is 8.08. The van der Waals surface area contributed by atoms with Gasteiger partial charge in [0.2, 0.25) is 0 Å². The third kappa shape index (κ3) is 4.65. The molecule has 1 amide bonds. The van der Waals surface area contributed by atoms with Crippen LogP contribution in [0.3, 0.4) is 0 Å². The van der Waals surface area contributed by atoms with E-state index in [1.807, 2.05) is 26.8 Å². The Kier molecular flexibility index (Phi) is 6.14. The van der Waals surface area contributed by atoms with Crippen molar-refractivity contribution in [2.45, 2.75) is 40.3 Å². The van der Waals surface area contributed by atoms with Gasteiger partial charge in [-0.1, -0.05) is 35.3 Å². The van der Waals surface area contributed by atoms with E-state index in [0.29, 0.717) is 16.6 Å². The van der Waals surface area contributed by atoms with E-state index >= 15 is 0 Å². The summed E-state index contributed by atoms with van der Waals surface area (Å²) in [5.74, 6) is 0.541. The van der Waals surface area contributed by atoms with Crippen LogP contribution in [0.2, 0.25) is 10.0 Å². The lowest BCUT2D eigenvalue weighted by atomic mass is 10.1. The van der Waals surface area contributed by atoms with E-state index in [2.05, 4.69) is 11.4 Å². The summed E-state index contributed by atoms with van der Waals surface area (Å²) in [4.78, 5) is 12.3. The molecule has 128 valence electrons. The first kappa shape index (κ1) is 18.6. The second-order valence-corrected chi connectivity index (χ2v) is 6.76. The molecule has 0 fully saturated rings. The summed E-state index contributed by atoms with van der Waals surface area (Å²) in [5.41, 5.74) is 4.10. The Labute approximate surface area is 152 Å². The highest BCUT2D eigenvalue weighted by Crippen LogP contribution is 2.24. The number of rotatable bonds is 5. The molecule has 3 nitrogen and oxygen atoms in total. The summed E-state index contributed by atoms with van der Waals surface area (Å²) < 4.78 is 5.84. The smallest absolute Gasteiger partial charge is 0.261 e. The van der Waals surface area contributed by atoms with Crippen LogP contribution in [0.5, 0.6) is 5.75 Å². The van der Waals surface area contributed by atoms with Gasteiger partial charge in [0.15, 0.2) is 6.10 Å². The van der Waals surface area contributed by atoms with Gasteiger partial charge < -0.3 is 10.1 Å². The summed E-state index contributed by atoms with van der Waals surface area (Å²) >= 11 is 12.0. The number of benzene rings is 2. The lowest BCUT2D eigenvalue weighted by Crippen LogP contribution is -2.36. The van der Waals surface area contributed by atoms with Gasteiger partial charge in [-0.25, -0.2) is 0 Å². The van der Waals surface area contributed by atoms with Crippen molar-refractivity contribution in [1.29, 1.82) is 0 Å². The third-order valence-corrected chi connectivity index (χ3v) is 4.49. The highest BCUT2D eigenvalue weighted by Gasteiger charge is 2.16. The van der Waals surface area contributed by atoms with Gasteiger partial charge in [-0.3, -0.25) is 4.79 Å². The number of carbonyl (C=O) groups is 1. The molecule has 0 unspecified atom stereocenters. The summed E-state index contributed by atoms with van der Waals surface area (Å²) in [7, 11) is 0. The van der Waals surface area contributed by atoms with Gasteiger partial charge in [-0.15, -0.1) is 0 Å². The Bertz CT molecular complexity index is 759. The lowest BCUT2D eigenvalue weighted by Gasteiger charge is -2.18. The summed E-state index contributed by atoms with van der Waals surface area (Å²) in [6.07, 6.45) is -0.601. The van der Waals surface area contributed by atoms with Crippen LogP contribution in [-0.2, 0) is 11.3 Å². The van der Waals surface area contributed by atoms with E-state index in [4.69, 9.17) is 27.9 Å². The zero-order chi connectivity index (χ0) is 17.9. The average Bonchev–Trinajstić information content (AvgIpc) is 2.50. The van der Waals surface area contributed by atoms with Crippen LogP contribution < -0.4 is 10.1 Å². The molecule has 0 aromatic heterocycles. The van der Waals surface area contributed by atoms with Crippen LogP contribution in [0, 0.1) is 20.8 Å². The van der Waals surface area contributed by atoms with Crippen LogP contribution in [-0.4, -0.2) is 12.0 Å². The molecule has 1 atom stereocenters. The van der Waals surface area contributed by atoms with Crippen LogP contribution >= 0.6 is 23.2 Å². The molecular formula is C19H21Cl2NO2. The van der Waals surface area contributed by atoms with Gasteiger partial charge >= 0.3 is 0 Å². The zero-order valence-electron chi connectivity index (χ0n) is 14.2. The Balaban J connectivity index is 2.00. The van der Waals surface area contributed by atoms with E-state index < -0.39 is 6.10 Å². The number of hydrogen-bond acceptors (Lipinski definition) is 2. The fourth-order valence-electron chi connectivity index (χ4n) is 2.36. The van der Waals surface area contributed by atoms with Crippen molar-refractivity contribution in [2.24, 2.45) is 0 Å². The van der Waals surface area contributed by atoms with Gasteiger partial charge in [0.05, 0.1) is 0 Å². The van der Waals surface area contributed by atoms with Gasteiger partial charge in [-0.05, 0) is 68.1 Å². The number of hydrogen-bond donors (Lipinski definition) is 1. The molecule has 0 aliphatic rings. The number of halogens is 2. The minimum atomic E-state index is -0.601. The molecule has 24 heavy (non-hydrogen) atoms. The van der Waals surface area contributed by atoms with Crippen LogP contribution in [0.15, 0.2) is 30.3 Å². The van der Waals surface area contributed by atoms with E-state index in [0.717, 1.165) is 28.0 Å². The molecule has 2 rings (SSSR count). The lowest BCUT2D eigenvalue weighted by molar-refractivity contribution is -0.127. The fraction of sp³-hybridized carbons (Fsp3) is 0.316. The van der Waals surface area contributed by atoms with Crippen LogP contribution in [0.25, 0.3) is 0 Å². The number of ether oxygens (including phenoxy) is 1. The first-order valence-electron chi connectivity index (χ1n) is 7.74. The molecule has 0 heterocycles. The number of nitrogens with one attached hydrogen (secondary N) is 1. The molecule has 0 saturated heterocycles. The molecule has 2 aromatic carbocycles. The number of carbonyl (C=O) groups excluding carboxylic acids is 1. The van der Waals surface area contributed by atoms with Gasteiger partial charge in [-0.2, -0.15) is 0 Å². The van der Waals surface area contributed by atoms with Crippen molar-refractivity contribution < 1.29 is 9.53 Å². The predicted octanol–water partition coefficient (Wildman–Crippen LogP) is 5.00. The quantitative estimate of drug-likeness (QED) is 0.809. The van der Waals surface area contributed by atoms with Crippen molar-refractivity contribution >= 4 is 29.1 Å². The Hall–Kier alpha value is -1.71. The van der Waals surface area contributed by atoms with Crippen molar-refractivity contribution in [3.8, 4) is 5.75 Å². The molecule has 0 aliphatic heterocycles. The van der Waals surface area contributed by atoms with E-state index in [-0.39, 0.29) is 5.91 Å². The maximum absolute atomic E-state index is 12.3. The third-order valence-electron chi connectivity index (χ3n) is 3.91. The Morgan fingerprint density at radius 1 is 1.17 bits per heavy atom. The van der Waals surface area contributed by atoms with Crippen molar-refractivity contribution in [2.75, 3.05) is 0 Å². The molecule has 0 bridgehead atoms. The average molecular weight is 366 g/mol. The molecule has 0 radical (unpaired) electrons. The largest absolute Gasteiger partial charge is 0.481 e. The van der Waals surface area contributed by atoms with Gasteiger partial charge in [0.25, 0.3) is 5.91 Å². The molecule has 2 aromatic rings. The standard InChI is InChI=1S/C19H21Cl2NO2/c1-11-7-12(2)13(3)18(8-11)24-14(4)19(23)22-10-15-5-6-16(20)9-17(15)21/h5-9,14H,10H2,1-4H3,(H,22,23)/t14-/m1/s1. The molecule has 0 saturated carbocycles. The van der Waals surface area contributed by atoms with Crippen molar-refractivity contribution in [3.63, 3.8) is 0 Å². The molecule has 0 aliphatic carbocycles. The predicted molar refractivity (Wildman–Crippen MR) is 99.1 cm³/mol. The van der Waals surface area contributed by atoms with E-state index in [9.17, 15) is 4.79 Å². The fourth-order valence-corrected chi connectivity index (χ4v) is 2.83. The van der Waals surface area contributed by atoms with E-state index in [1.54, 1.807) is 25.1 Å². The van der Waals surface area contributed by atoms with Crippen LogP contribution in [0.4, 0.5) is 0 Å². The first-order valence-corrected chi connectivity index (χ1v) is 8.49. The van der Waals surface area contributed by atoms with Crippen molar-refractivity contribution in [3.05, 3.63) is 62.6 Å². The topological polar surface area (TPSA) is 38.3 Å². The summed E-state index contributed by atoms with van der Waals surface area (Å²) in [5, 5.41) is 3.93. The number of aryl methyl sites for hydroxylation is 2. The maximum atomic E-state index is 12.3. The van der Waals surface area contributed by atoms with Gasteiger partial charge in [0.1, 0.15) is 5.75 Å². The highest BCUT2D eigenvalue weighted by molar-refractivity contribution is 6.35. The molecular weight excluding hydrogens is 345 g/mol. The maximum Gasteiger partial charge on any atom is 0.261 e. The SMILES string of the molecule is Cc1cc(C)c(C)c(O[C@H](C)C(=O)NCc2ccc(Cl)cc2Cl)c1. The normalized spacial score (nSPS) is 11.9. The van der Waals surface area contributed by atoms with E-state index in [1.165, 1.54) is 0 Å². The minimum absolute atomic E-state index is 0.195. The molecule has 5 heteroatoms. The second-order valence-electron chi connectivity index (χ2n) is 5.92. The second kappa shape index (κ2) is 7.91. The monoisotopic (exact) mass is 365 g/mol. The molecule has 0 spiro atoms. The number of amides is 1. The zero-order valence-corrected chi connectivity index (χ0v) is 15.8. The highest BCUT2D eigenvalue weighted by atomic mass is 35.5. The Morgan fingerprint density at radius 3 is 2.54 bits per heavy atom. The van der Waals surface area contributed by atoms with Gasteiger partial charge in [0, 0.05) is 16.6 Å². The van der Waals surface area contributed by atoms with Crippen LogP contribution in [0.1, 0.15) is 29.2 Å². The summed E-state index contributed by atoms with van der Waals surface area (Å²) in [6, 6.07) is 9.24. The first-order chi connectivity index (χ1) is 11.3.